The lowest BCUT2D eigenvalue weighted by Crippen LogP contribution is -2.06. The Labute approximate surface area is 93.1 Å². The molecular formula is C8H6F2IN3. The molecule has 0 saturated heterocycles. The van der Waals surface area contributed by atoms with E-state index in [0.717, 1.165) is 0 Å². The summed E-state index contributed by atoms with van der Waals surface area (Å²) >= 11 is 1.68. The molecule has 0 saturated carbocycles. The van der Waals surface area contributed by atoms with Crippen LogP contribution in [0.5, 0.6) is 0 Å². The molecule has 0 amide bonds. The Balaban J connectivity index is 3.37. The predicted molar refractivity (Wildman–Crippen MR) is 54.5 cm³/mol. The Kier molecular flexibility index (Phi) is 3.71. The largest absolute Gasteiger partial charge is 0.326 e. The van der Waals surface area contributed by atoms with Gasteiger partial charge in [0.25, 0.3) is 6.43 Å². The maximum Gasteiger partial charge on any atom is 0.281 e. The summed E-state index contributed by atoms with van der Waals surface area (Å²) in [4.78, 5) is 3.57. The maximum atomic E-state index is 12.4. The smallest absolute Gasteiger partial charge is 0.281 e. The van der Waals surface area contributed by atoms with Crippen LogP contribution in [0.1, 0.15) is 23.2 Å². The molecule has 1 aromatic heterocycles. The molecule has 6 heteroatoms. The molecule has 74 valence electrons. The number of pyridine rings is 1. The normalized spacial score (nSPS) is 10.3. The van der Waals surface area contributed by atoms with Crippen molar-refractivity contribution in [3.05, 3.63) is 26.6 Å². The van der Waals surface area contributed by atoms with E-state index in [4.69, 9.17) is 11.0 Å². The summed E-state index contributed by atoms with van der Waals surface area (Å²) in [6.07, 6.45) is -1.44. The van der Waals surface area contributed by atoms with Gasteiger partial charge in [-0.2, -0.15) is 5.26 Å². The third-order valence-electron chi connectivity index (χ3n) is 1.66. The third-order valence-corrected chi connectivity index (χ3v) is 2.76. The third kappa shape index (κ3) is 1.99. The van der Waals surface area contributed by atoms with Crippen molar-refractivity contribution in [2.75, 3.05) is 0 Å². The number of aromatic nitrogens is 1. The van der Waals surface area contributed by atoms with Crippen LogP contribution in [0.15, 0.2) is 6.20 Å². The van der Waals surface area contributed by atoms with Gasteiger partial charge in [-0.05, 0) is 22.6 Å². The quantitative estimate of drug-likeness (QED) is 0.849. The number of nitriles is 1. The van der Waals surface area contributed by atoms with Crippen LogP contribution >= 0.6 is 22.6 Å². The first-order chi connectivity index (χ1) is 6.61. The Bertz CT molecular complexity index is 387. The van der Waals surface area contributed by atoms with Gasteiger partial charge in [0.2, 0.25) is 0 Å². The van der Waals surface area contributed by atoms with Gasteiger partial charge in [0.15, 0.2) is 0 Å². The average molecular weight is 309 g/mol. The van der Waals surface area contributed by atoms with Gasteiger partial charge in [0, 0.05) is 18.3 Å². The topological polar surface area (TPSA) is 62.7 Å². The van der Waals surface area contributed by atoms with Crippen LogP contribution in [0.25, 0.3) is 0 Å². The predicted octanol–water partition coefficient (Wildman–Crippen LogP) is 1.95. The number of hydrogen-bond acceptors (Lipinski definition) is 3. The number of rotatable bonds is 2. The molecule has 0 aromatic carbocycles. The van der Waals surface area contributed by atoms with Crippen molar-refractivity contribution in [2.45, 2.75) is 13.0 Å². The number of nitrogens with two attached hydrogens (primary N) is 1. The zero-order chi connectivity index (χ0) is 10.7. The van der Waals surface area contributed by atoms with Crippen molar-refractivity contribution in [3.63, 3.8) is 0 Å². The zero-order valence-electron chi connectivity index (χ0n) is 6.97. The van der Waals surface area contributed by atoms with E-state index >= 15 is 0 Å². The van der Waals surface area contributed by atoms with Crippen LogP contribution in [-0.4, -0.2) is 4.98 Å². The van der Waals surface area contributed by atoms with E-state index in [1.165, 1.54) is 6.20 Å². The van der Waals surface area contributed by atoms with Gasteiger partial charge in [-0.25, -0.2) is 8.78 Å². The van der Waals surface area contributed by atoms with Crippen LogP contribution < -0.4 is 5.73 Å². The lowest BCUT2D eigenvalue weighted by molar-refractivity contribution is 0.145. The molecule has 14 heavy (non-hydrogen) atoms. The monoisotopic (exact) mass is 309 g/mol. The first-order valence-corrected chi connectivity index (χ1v) is 4.75. The summed E-state index contributed by atoms with van der Waals surface area (Å²) < 4.78 is 24.9. The highest BCUT2D eigenvalue weighted by Crippen LogP contribution is 2.26. The Hall–Kier alpha value is -0.810. The molecule has 0 aliphatic heterocycles. The van der Waals surface area contributed by atoms with Gasteiger partial charge in [-0.1, -0.05) is 0 Å². The Morgan fingerprint density at radius 1 is 1.64 bits per heavy atom. The van der Waals surface area contributed by atoms with E-state index < -0.39 is 6.43 Å². The summed E-state index contributed by atoms with van der Waals surface area (Å²) in [5.74, 6) is 0. The minimum atomic E-state index is -2.67. The highest BCUT2D eigenvalue weighted by Gasteiger charge is 2.18. The standard InChI is InChI=1S/C8H6F2IN3/c9-8(10)7-6(11)5(2-13)4(1-12)3-14-7/h3,8H,1,12H2. The molecule has 2 N–H and O–H groups in total. The lowest BCUT2D eigenvalue weighted by Gasteiger charge is -2.07. The first-order valence-electron chi connectivity index (χ1n) is 3.67. The molecule has 1 aromatic rings. The molecular weight excluding hydrogens is 303 g/mol. The van der Waals surface area contributed by atoms with E-state index in [1.807, 2.05) is 6.07 Å². The highest BCUT2D eigenvalue weighted by molar-refractivity contribution is 14.1. The van der Waals surface area contributed by atoms with Gasteiger partial charge in [0.1, 0.15) is 11.8 Å². The summed E-state index contributed by atoms with van der Waals surface area (Å²) in [6, 6.07) is 1.85. The molecule has 0 spiro atoms. The minimum absolute atomic E-state index is 0.120. The van der Waals surface area contributed by atoms with Crippen LogP contribution in [0.4, 0.5) is 8.78 Å². The van der Waals surface area contributed by atoms with Crippen LogP contribution in [0.2, 0.25) is 0 Å². The Morgan fingerprint density at radius 2 is 2.29 bits per heavy atom. The molecule has 1 heterocycles. The zero-order valence-corrected chi connectivity index (χ0v) is 9.12. The molecule has 1 rings (SSSR count). The van der Waals surface area contributed by atoms with Crippen molar-refractivity contribution in [1.29, 1.82) is 5.26 Å². The van der Waals surface area contributed by atoms with E-state index in [2.05, 4.69) is 4.98 Å². The molecule has 0 atom stereocenters. The molecule has 3 nitrogen and oxygen atoms in total. The average Bonchev–Trinajstić information content (AvgIpc) is 2.16. The van der Waals surface area contributed by atoms with Gasteiger partial charge >= 0.3 is 0 Å². The summed E-state index contributed by atoms with van der Waals surface area (Å²) in [6.45, 7) is 0.120. The van der Waals surface area contributed by atoms with Crippen LogP contribution in [0, 0.1) is 14.9 Å². The van der Waals surface area contributed by atoms with Gasteiger partial charge in [-0.15, -0.1) is 0 Å². The molecule has 0 fully saturated rings. The van der Waals surface area contributed by atoms with Crippen molar-refractivity contribution in [1.82, 2.24) is 4.98 Å². The van der Waals surface area contributed by atoms with Crippen LogP contribution in [0.3, 0.4) is 0 Å². The van der Waals surface area contributed by atoms with Crippen molar-refractivity contribution in [2.24, 2.45) is 5.73 Å². The van der Waals surface area contributed by atoms with Crippen molar-refractivity contribution >= 4 is 22.6 Å². The van der Waals surface area contributed by atoms with E-state index in [0.29, 0.717) is 5.56 Å². The number of alkyl halides is 2. The number of hydrogen-bond donors (Lipinski definition) is 1. The summed E-state index contributed by atoms with van der Waals surface area (Å²) in [5, 5.41) is 8.75. The van der Waals surface area contributed by atoms with E-state index in [9.17, 15) is 8.78 Å². The second kappa shape index (κ2) is 4.61. The molecule has 0 bridgehead atoms. The van der Waals surface area contributed by atoms with E-state index in [-0.39, 0.29) is 21.4 Å². The molecule has 0 aliphatic rings. The molecule has 0 unspecified atom stereocenters. The summed E-state index contributed by atoms with van der Waals surface area (Å²) in [5.41, 5.74) is 5.66. The van der Waals surface area contributed by atoms with E-state index in [1.54, 1.807) is 22.6 Å². The lowest BCUT2D eigenvalue weighted by atomic mass is 10.1. The van der Waals surface area contributed by atoms with Gasteiger partial charge < -0.3 is 5.73 Å². The Morgan fingerprint density at radius 3 is 2.71 bits per heavy atom. The van der Waals surface area contributed by atoms with Gasteiger partial charge in [0.05, 0.1) is 9.13 Å². The van der Waals surface area contributed by atoms with Crippen molar-refractivity contribution in [3.8, 4) is 6.07 Å². The SMILES string of the molecule is N#Cc1c(CN)cnc(C(F)F)c1I. The molecule has 0 aliphatic carbocycles. The number of nitrogens with zero attached hydrogens (tertiary/aromatic N) is 2. The maximum absolute atomic E-state index is 12.4. The minimum Gasteiger partial charge on any atom is -0.326 e. The fourth-order valence-corrected chi connectivity index (χ4v) is 1.81. The second-order valence-corrected chi connectivity index (χ2v) is 3.55. The molecule has 0 radical (unpaired) electrons. The summed E-state index contributed by atoms with van der Waals surface area (Å²) in [7, 11) is 0. The van der Waals surface area contributed by atoms with Gasteiger partial charge in [-0.3, -0.25) is 4.98 Å². The fraction of sp³-hybridized carbons (Fsp3) is 0.250. The van der Waals surface area contributed by atoms with Crippen LogP contribution in [-0.2, 0) is 6.54 Å². The first kappa shape index (κ1) is 11.3. The second-order valence-electron chi connectivity index (χ2n) is 2.47. The highest BCUT2D eigenvalue weighted by atomic mass is 127. The number of halogens is 3. The van der Waals surface area contributed by atoms with Crippen molar-refractivity contribution < 1.29 is 8.78 Å². The fourth-order valence-electron chi connectivity index (χ4n) is 0.966.